The van der Waals surface area contributed by atoms with E-state index in [4.69, 9.17) is 4.74 Å². The number of ether oxygens (including phenoxy) is 1. The van der Waals surface area contributed by atoms with Crippen molar-refractivity contribution < 1.29 is 17.5 Å². The smallest absolute Gasteiger partial charge is 0.246 e. The second-order valence-electron chi connectivity index (χ2n) is 5.56. The molecule has 1 heterocycles. The molecule has 0 bridgehead atoms. The predicted octanol–water partition coefficient (Wildman–Crippen LogP) is 2.50. The summed E-state index contributed by atoms with van der Waals surface area (Å²) in [6.07, 6.45) is 1.01. The van der Waals surface area contributed by atoms with Crippen molar-refractivity contribution in [1.29, 1.82) is 0 Å². The van der Waals surface area contributed by atoms with Crippen LogP contribution in [-0.2, 0) is 10.0 Å². The molecule has 4 nitrogen and oxygen atoms in total. The molecule has 0 aromatic heterocycles. The second-order valence-corrected chi connectivity index (χ2v) is 7.47. The first-order valence-electron chi connectivity index (χ1n) is 6.68. The zero-order chi connectivity index (χ0) is 14.9. The van der Waals surface area contributed by atoms with E-state index < -0.39 is 15.8 Å². The van der Waals surface area contributed by atoms with Gasteiger partial charge in [0.15, 0.2) is 0 Å². The van der Waals surface area contributed by atoms with Crippen LogP contribution in [0.2, 0.25) is 0 Å². The molecular formula is C14H20FNO3S. The molecule has 1 saturated heterocycles. The van der Waals surface area contributed by atoms with E-state index in [0.717, 1.165) is 12.5 Å². The summed E-state index contributed by atoms with van der Waals surface area (Å²) in [6, 6.07) is 3.57. The average Bonchev–Trinajstić information content (AvgIpc) is 2.37. The van der Waals surface area contributed by atoms with Crippen LogP contribution in [0.3, 0.4) is 0 Å². The van der Waals surface area contributed by atoms with Crippen LogP contribution in [-0.4, -0.2) is 32.9 Å². The van der Waals surface area contributed by atoms with Gasteiger partial charge in [-0.3, -0.25) is 0 Å². The molecule has 0 radical (unpaired) electrons. The van der Waals surface area contributed by atoms with E-state index in [-0.39, 0.29) is 10.6 Å². The van der Waals surface area contributed by atoms with Gasteiger partial charge in [0.05, 0.1) is 7.11 Å². The van der Waals surface area contributed by atoms with Crippen molar-refractivity contribution in [3.8, 4) is 5.75 Å². The SMILES string of the molecule is COc1ccc(F)cc1S(=O)(=O)N1C[C@H](C)C[C@@H](C)C1. The van der Waals surface area contributed by atoms with Crippen LogP contribution in [0.25, 0.3) is 0 Å². The fourth-order valence-corrected chi connectivity index (χ4v) is 4.64. The topological polar surface area (TPSA) is 46.6 Å². The van der Waals surface area contributed by atoms with Gasteiger partial charge in [0.1, 0.15) is 16.5 Å². The third kappa shape index (κ3) is 2.96. The average molecular weight is 301 g/mol. The number of sulfonamides is 1. The molecule has 0 N–H and O–H groups in total. The number of halogens is 1. The Morgan fingerprint density at radius 3 is 2.40 bits per heavy atom. The molecule has 2 rings (SSSR count). The summed E-state index contributed by atoms with van der Waals surface area (Å²) in [7, 11) is -2.34. The lowest BCUT2D eigenvalue weighted by Gasteiger charge is -2.34. The van der Waals surface area contributed by atoms with E-state index in [1.165, 1.54) is 23.5 Å². The van der Waals surface area contributed by atoms with Crippen molar-refractivity contribution in [2.75, 3.05) is 20.2 Å². The minimum Gasteiger partial charge on any atom is -0.495 e. The fourth-order valence-electron chi connectivity index (χ4n) is 2.79. The molecule has 0 unspecified atom stereocenters. The number of hydrogen-bond acceptors (Lipinski definition) is 3. The fraction of sp³-hybridized carbons (Fsp3) is 0.571. The molecule has 112 valence electrons. The monoisotopic (exact) mass is 301 g/mol. The van der Waals surface area contributed by atoms with Gasteiger partial charge in [-0.25, -0.2) is 12.8 Å². The highest BCUT2D eigenvalue weighted by atomic mass is 32.2. The first kappa shape index (κ1) is 15.3. The van der Waals surface area contributed by atoms with E-state index in [9.17, 15) is 12.8 Å². The summed E-state index contributed by atoms with van der Waals surface area (Å²) < 4.78 is 45.3. The summed E-state index contributed by atoms with van der Waals surface area (Å²) in [5.74, 6) is 0.195. The first-order chi connectivity index (χ1) is 9.34. The standard InChI is InChI=1S/C14H20FNO3S/c1-10-6-11(2)9-16(8-10)20(17,18)14-7-12(15)4-5-13(14)19-3/h4-5,7,10-11H,6,8-9H2,1-3H3/t10-,11-/m1/s1. The van der Waals surface area contributed by atoms with Crippen molar-refractivity contribution in [2.24, 2.45) is 11.8 Å². The Morgan fingerprint density at radius 2 is 1.85 bits per heavy atom. The van der Waals surface area contributed by atoms with Crippen molar-refractivity contribution in [2.45, 2.75) is 25.2 Å². The highest BCUT2D eigenvalue weighted by Crippen LogP contribution is 2.31. The second kappa shape index (κ2) is 5.69. The van der Waals surface area contributed by atoms with E-state index in [1.54, 1.807) is 0 Å². The number of nitrogens with zero attached hydrogens (tertiary/aromatic N) is 1. The summed E-state index contributed by atoms with van der Waals surface area (Å²) in [5, 5.41) is 0. The van der Waals surface area contributed by atoms with Gasteiger partial charge in [-0.1, -0.05) is 13.8 Å². The Labute approximate surface area is 119 Å². The van der Waals surface area contributed by atoms with Crippen LogP contribution >= 0.6 is 0 Å². The highest BCUT2D eigenvalue weighted by molar-refractivity contribution is 7.89. The van der Waals surface area contributed by atoms with Gasteiger partial charge in [0.2, 0.25) is 10.0 Å². The van der Waals surface area contributed by atoms with Crippen molar-refractivity contribution in [3.63, 3.8) is 0 Å². The summed E-state index contributed by atoms with van der Waals surface area (Å²) in [4.78, 5) is -0.0960. The van der Waals surface area contributed by atoms with Crippen LogP contribution in [0, 0.1) is 17.7 Å². The van der Waals surface area contributed by atoms with E-state index in [0.29, 0.717) is 24.9 Å². The predicted molar refractivity (Wildman–Crippen MR) is 74.7 cm³/mol. The van der Waals surface area contributed by atoms with Crippen LogP contribution in [0.15, 0.2) is 23.1 Å². The quantitative estimate of drug-likeness (QED) is 0.862. The Hall–Kier alpha value is -1.14. The molecule has 0 spiro atoms. The zero-order valence-electron chi connectivity index (χ0n) is 12.0. The molecule has 1 aliphatic heterocycles. The summed E-state index contributed by atoms with van der Waals surface area (Å²) in [6.45, 7) is 4.99. The molecule has 0 amide bonds. The minimum absolute atomic E-state index is 0.0960. The molecule has 20 heavy (non-hydrogen) atoms. The van der Waals surface area contributed by atoms with Crippen LogP contribution in [0.5, 0.6) is 5.75 Å². The van der Waals surface area contributed by atoms with E-state index >= 15 is 0 Å². The van der Waals surface area contributed by atoms with Crippen molar-refractivity contribution in [1.82, 2.24) is 4.31 Å². The largest absolute Gasteiger partial charge is 0.495 e. The Balaban J connectivity index is 2.42. The number of piperidine rings is 1. The normalized spacial score (nSPS) is 24.6. The molecule has 6 heteroatoms. The van der Waals surface area contributed by atoms with Gasteiger partial charge in [-0.15, -0.1) is 0 Å². The van der Waals surface area contributed by atoms with Crippen LogP contribution in [0.4, 0.5) is 4.39 Å². The first-order valence-corrected chi connectivity index (χ1v) is 8.12. The van der Waals surface area contributed by atoms with Crippen molar-refractivity contribution >= 4 is 10.0 Å². The summed E-state index contributed by atoms with van der Waals surface area (Å²) in [5.41, 5.74) is 0. The maximum absolute atomic E-state index is 13.4. The van der Waals surface area contributed by atoms with Gasteiger partial charge in [-0.2, -0.15) is 4.31 Å². The molecule has 0 saturated carbocycles. The van der Waals surface area contributed by atoms with Gasteiger partial charge in [0.25, 0.3) is 0 Å². The molecule has 1 aromatic rings. The van der Waals surface area contributed by atoms with Crippen molar-refractivity contribution in [3.05, 3.63) is 24.0 Å². The van der Waals surface area contributed by atoms with Gasteiger partial charge >= 0.3 is 0 Å². The maximum Gasteiger partial charge on any atom is 0.246 e. The molecule has 1 aliphatic rings. The number of benzene rings is 1. The lowest BCUT2D eigenvalue weighted by molar-refractivity contribution is 0.222. The Kier molecular flexibility index (Phi) is 4.34. The molecule has 0 aliphatic carbocycles. The molecule has 1 fully saturated rings. The number of methoxy groups -OCH3 is 1. The zero-order valence-corrected chi connectivity index (χ0v) is 12.8. The van der Waals surface area contributed by atoms with Gasteiger partial charge < -0.3 is 4.74 Å². The van der Waals surface area contributed by atoms with Crippen LogP contribution in [0.1, 0.15) is 20.3 Å². The third-order valence-corrected chi connectivity index (χ3v) is 5.43. The molecular weight excluding hydrogens is 281 g/mol. The number of hydrogen-bond donors (Lipinski definition) is 0. The number of rotatable bonds is 3. The van der Waals surface area contributed by atoms with E-state index in [2.05, 4.69) is 0 Å². The molecule has 2 atom stereocenters. The van der Waals surface area contributed by atoms with Gasteiger partial charge in [-0.05, 0) is 36.5 Å². The Morgan fingerprint density at radius 1 is 1.25 bits per heavy atom. The third-order valence-electron chi connectivity index (χ3n) is 3.58. The Bertz CT molecular complexity index is 578. The minimum atomic E-state index is -3.72. The van der Waals surface area contributed by atoms with E-state index in [1.807, 2.05) is 13.8 Å². The van der Waals surface area contributed by atoms with Crippen LogP contribution < -0.4 is 4.74 Å². The maximum atomic E-state index is 13.4. The summed E-state index contributed by atoms with van der Waals surface area (Å²) >= 11 is 0. The highest BCUT2D eigenvalue weighted by Gasteiger charge is 2.33. The lowest BCUT2D eigenvalue weighted by atomic mass is 9.94. The molecule has 1 aromatic carbocycles. The van der Waals surface area contributed by atoms with Gasteiger partial charge in [0, 0.05) is 13.1 Å². The lowest BCUT2D eigenvalue weighted by Crippen LogP contribution is -2.42.